The van der Waals surface area contributed by atoms with Crippen LogP contribution in [0.1, 0.15) is 23.7 Å². The summed E-state index contributed by atoms with van der Waals surface area (Å²) in [7, 11) is 0. The van der Waals surface area contributed by atoms with E-state index in [1.54, 1.807) is 6.92 Å². The molecule has 0 bridgehead atoms. The molecule has 2 nitrogen and oxygen atoms in total. The van der Waals surface area contributed by atoms with Crippen molar-refractivity contribution in [1.29, 1.82) is 0 Å². The van der Waals surface area contributed by atoms with E-state index in [1.807, 2.05) is 13.0 Å². The molecule has 0 radical (unpaired) electrons. The molecule has 2 N–H and O–H groups in total. The van der Waals surface area contributed by atoms with Crippen LogP contribution in [0.15, 0.2) is 6.07 Å². The second kappa shape index (κ2) is 4.63. The molecule has 1 aromatic rings. The topological polar surface area (TPSA) is 38.9 Å². The smallest absolute Gasteiger partial charge is 0.256 e. The van der Waals surface area contributed by atoms with Crippen molar-refractivity contribution >= 4 is 11.6 Å². The van der Waals surface area contributed by atoms with Crippen LogP contribution in [0.2, 0.25) is 5.15 Å². The summed E-state index contributed by atoms with van der Waals surface area (Å²) in [5.41, 5.74) is 6.16. The summed E-state index contributed by atoms with van der Waals surface area (Å²) >= 11 is 5.93. The van der Waals surface area contributed by atoms with E-state index in [1.165, 1.54) is 6.92 Å². The maximum absolute atomic E-state index is 12.7. The van der Waals surface area contributed by atoms with Crippen molar-refractivity contribution in [2.24, 2.45) is 5.73 Å². The monoisotopic (exact) mass is 248 g/mol. The van der Waals surface area contributed by atoms with Gasteiger partial charge in [0, 0.05) is 5.69 Å². The summed E-state index contributed by atoms with van der Waals surface area (Å²) in [6.07, 6.45) is -2.58. The quantitative estimate of drug-likeness (QED) is 0.836. The highest BCUT2D eigenvalue weighted by Crippen LogP contribution is 2.25. The number of halogens is 3. The number of rotatable bonds is 3. The SMILES string of the molecule is Cc1cc(C)c(CC(C)(N)C(F)F)c(Cl)n1. The first-order valence-electron chi connectivity index (χ1n) is 4.93. The van der Waals surface area contributed by atoms with Gasteiger partial charge in [-0.1, -0.05) is 11.6 Å². The third-order valence-electron chi connectivity index (χ3n) is 2.48. The van der Waals surface area contributed by atoms with Gasteiger partial charge in [-0.2, -0.15) is 0 Å². The van der Waals surface area contributed by atoms with Crippen molar-refractivity contribution in [2.45, 2.75) is 39.2 Å². The van der Waals surface area contributed by atoms with Gasteiger partial charge in [0.2, 0.25) is 0 Å². The number of aromatic nitrogens is 1. The minimum Gasteiger partial charge on any atom is -0.320 e. The Labute approximate surface area is 98.8 Å². The lowest BCUT2D eigenvalue weighted by molar-refractivity contribution is 0.0638. The highest BCUT2D eigenvalue weighted by molar-refractivity contribution is 6.30. The third-order valence-corrected chi connectivity index (χ3v) is 2.79. The summed E-state index contributed by atoms with van der Waals surface area (Å²) in [4.78, 5) is 4.04. The number of alkyl halides is 2. The molecule has 16 heavy (non-hydrogen) atoms. The number of hydrogen-bond acceptors (Lipinski definition) is 2. The van der Waals surface area contributed by atoms with Crippen LogP contribution in [-0.4, -0.2) is 16.9 Å². The van der Waals surface area contributed by atoms with E-state index in [0.717, 1.165) is 11.3 Å². The molecule has 1 heterocycles. The van der Waals surface area contributed by atoms with Crippen molar-refractivity contribution in [3.05, 3.63) is 28.0 Å². The van der Waals surface area contributed by atoms with E-state index in [0.29, 0.717) is 5.56 Å². The Balaban J connectivity index is 3.07. The van der Waals surface area contributed by atoms with Gasteiger partial charge in [-0.15, -0.1) is 0 Å². The van der Waals surface area contributed by atoms with E-state index in [9.17, 15) is 8.78 Å². The molecule has 0 spiro atoms. The van der Waals surface area contributed by atoms with Crippen molar-refractivity contribution in [3.8, 4) is 0 Å². The fraction of sp³-hybridized carbons (Fsp3) is 0.545. The summed E-state index contributed by atoms with van der Waals surface area (Å²) < 4.78 is 25.3. The zero-order chi connectivity index (χ0) is 12.5. The lowest BCUT2D eigenvalue weighted by atomic mass is 9.93. The minimum absolute atomic E-state index is 0.0165. The number of nitrogens with zero attached hydrogens (tertiary/aromatic N) is 1. The molecule has 0 saturated carbocycles. The predicted octanol–water partition coefficient (Wildman–Crippen LogP) is 2.88. The van der Waals surface area contributed by atoms with Crippen LogP contribution in [0.5, 0.6) is 0 Å². The van der Waals surface area contributed by atoms with Crippen LogP contribution in [-0.2, 0) is 6.42 Å². The van der Waals surface area contributed by atoms with Crippen molar-refractivity contribution in [3.63, 3.8) is 0 Å². The number of nitrogens with two attached hydrogens (primary N) is 1. The molecule has 90 valence electrons. The first-order chi connectivity index (χ1) is 7.24. The molecular weight excluding hydrogens is 234 g/mol. The molecule has 0 aliphatic heterocycles. The van der Waals surface area contributed by atoms with Gasteiger partial charge in [0.15, 0.2) is 0 Å². The predicted molar refractivity (Wildman–Crippen MR) is 61.0 cm³/mol. The molecular formula is C11H15ClF2N2. The van der Waals surface area contributed by atoms with E-state index >= 15 is 0 Å². The van der Waals surface area contributed by atoms with Crippen LogP contribution >= 0.6 is 11.6 Å². The van der Waals surface area contributed by atoms with E-state index in [2.05, 4.69) is 4.98 Å². The van der Waals surface area contributed by atoms with Gasteiger partial charge < -0.3 is 5.73 Å². The molecule has 0 aliphatic rings. The van der Waals surface area contributed by atoms with Crippen LogP contribution < -0.4 is 5.73 Å². The van der Waals surface area contributed by atoms with Crippen molar-refractivity contribution < 1.29 is 8.78 Å². The first kappa shape index (κ1) is 13.3. The summed E-state index contributed by atoms with van der Waals surface area (Å²) in [5.74, 6) is 0. The van der Waals surface area contributed by atoms with Crippen molar-refractivity contribution in [2.75, 3.05) is 0 Å². The molecule has 0 aromatic carbocycles. The zero-order valence-electron chi connectivity index (χ0n) is 9.52. The molecule has 1 atom stereocenters. The Bertz CT molecular complexity index is 369. The Morgan fingerprint density at radius 3 is 2.50 bits per heavy atom. The normalized spacial score (nSPS) is 15.2. The fourth-order valence-corrected chi connectivity index (χ4v) is 1.84. The molecule has 1 aromatic heterocycles. The van der Waals surface area contributed by atoms with Gasteiger partial charge in [-0.3, -0.25) is 0 Å². The Hall–Kier alpha value is -0.740. The van der Waals surface area contributed by atoms with Gasteiger partial charge in [0.25, 0.3) is 6.43 Å². The second-order valence-electron chi connectivity index (χ2n) is 4.33. The van der Waals surface area contributed by atoms with Crippen molar-refractivity contribution in [1.82, 2.24) is 4.98 Å². The lowest BCUT2D eigenvalue weighted by Crippen LogP contribution is -2.46. The second-order valence-corrected chi connectivity index (χ2v) is 4.69. The molecule has 0 amide bonds. The van der Waals surface area contributed by atoms with E-state index in [4.69, 9.17) is 17.3 Å². The Morgan fingerprint density at radius 2 is 2.06 bits per heavy atom. The Kier molecular flexibility index (Phi) is 3.86. The molecule has 1 rings (SSSR count). The number of hydrogen-bond donors (Lipinski definition) is 1. The van der Waals surface area contributed by atoms with Crippen LogP contribution in [0.25, 0.3) is 0 Å². The molecule has 1 unspecified atom stereocenters. The van der Waals surface area contributed by atoms with Gasteiger partial charge in [0.05, 0.1) is 5.54 Å². The molecule has 0 saturated heterocycles. The molecule has 0 fully saturated rings. The summed E-state index contributed by atoms with van der Waals surface area (Å²) in [6.45, 7) is 4.93. The number of aryl methyl sites for hydroxylation is 2. The van der Waals surface area contributed by atoms with E-state index in [-0.39, 0.29) is 11.6 Å². The maximum atomic E-state index is 12.7. The van der Waals surface area contributed by atoms with Gasteiger partial charge >= 0.3 is 0 Å². The summed E-state index contributed by atoms with van der Waals surface area (Å²) in [5, 5.41) is 0.259. The van der Waals surface area contributed by atoms with Crippen LogP contribution in [0.3, 0.4) is 0 Å². The van der Waals surface area contributed by atoms with Crippen LogP contribution in [0, 0.1) is 13.8 Å². The minimum atomic E-state index is -2.59. The van der Waals surface area contributed by atoms with Crippen LogP contribution in [0.4, 0.5) is 8.78 Å². The molecule has 0 aliphatic carbocycles. The third kappa shape index (κ3) is 2.89. The maximum Gasteiger partial charge on any atom is 0.256 e. The van der Waals surface area contributed by atoms with Gasteiger partial charge in [0.1, 0.15) is 5.15 Å². The highest BCUT2D eigenvalue weighted by atomic mass is 35.5. The average molecular weight is 249 g/mol. The first-order valence-corrected chi connectivity index (χ1v) is 5.31. The molecule has 5 heteroatoms. The standard InChI is InChI=1S/C11H15ClF2N2/c1-6-4-7(2)16-9(12)8(6)5-11(3,15)10(13)14/h4,10H,5,15H2,1-3H3. The van der Waals surface area contributed by atoms with Gasteiger partial charge in [-0.25, -0.2) is 13.8 Å². The number of pyridine rings is 1. The zero-order valence-corrected chi connectivity index (χ0v) is 10.3. The Morgan fingerprint density at radius 1 is 1.50 bits per heavy atom. The average Bonchev–Trinajstić information content (AvgIpc) is 2.11. The lowest BCUT2D eigenvalue weighted by Gasteiger charge is -2.24. The highest BCUT2D eigenvalue weighted by Gasteiger charge is 2.31. The summed E-state index contributed by atoms with van der Waals surface area (Å²) in [6, 6.07) is 1.81. The van der Waals surface area contributed by atoms with E-state index < -0.39 is 12.0 Å². The fourth-order valence-electron chi connectivity index (χ4n) is 1.49. The largest absolute Gasteiger partial charge is 0.320 e. The van der Waals surface area contributed by atoms with Gasteiger partial charge in [-0.05, 0) is 44.4 Å².